The maximum absolute atomic E-state index is 12.4. The van der Waals surface area contributed by atoms with Gasteiger partial charge >= 0.3 is 17.8 Å². The number of ether oxygens (including phenoxy) is 1. The summed E-state index contributed by atoms with van der Waals surface area (Å²) in [5.41, 5.74) is -0.244. The predicted octanol–water partition coefficient (Wildman–Crippen LogP) is 4.13. The highest BCUT2D eigenvalue weighted by atomic mass is 32.2. The molecule has 200 valence electrons. The zero-order valence-corrected chi connectivity index (χ0v) is 21.8. The number of anilines is 1. The lowest BCUT2D eigenvalue weighted by molar-refractivity contribution is -0.136. The van der Waals surface area contributed by atoms with Gasteiger partial charge in [0.05, 0.1) is 0 Å². The second-order valence-electron chi connectivity index (χ2n) is 8.82. The number of hydrogen-bond donors (Lipinski definition) is 1. The number of aryl methyl sites for hydroxylation is 2. The van der Waals surface area contributed by atoms with E-state index in [0.29, 0.717) is 19.6 Å². The van der Waals surface area contributed by atoms with Gasteiger partial charge in [0, 0.05) is 31.5 Å². The van der Waals surface area contributed by atoms with Crippen LogP contribution in [0, 0.1) is 0 Å². The summed E-state index contributed by atoms with van der Waals surface area (Å²) in [6.45, 7) is 6.17. The third kappa shape index (κ3) is 9.03. The molecule has 0 spiro atoms. The van der Waals surface area contributed by atoms with Crippen LogP contribution < -0.4 is 16.6 Å². The molecule has 0 bridgehead atoms. The van der Waals surface area contributed by atoms with E-state index in [1.807, 2.05) is 39.0 Å². The van der Waals surface area contributed by atoms with Crippen molar-refractivity contribution in [1.29, 1.82) is 0 Å². The molecule has 2 rings (SSSR count). The highest BCUT2D eigenvalue weighted by Gasteiger charge is 2.37. The summed E-state index contributed by atoms with van der Waals surface area (Å²) in [6.07, 6.45) is -3.34. The van der Waals surface area contributed by atoms with E-state index in [4.69, 9.17) is 4.74 Å². The van der Waals surface area contributed by atoms with Gasteiger partial charge in [0.15, 0.2) is 11.4 Å². The molecule has 1 aromatic heterocycles. The summed E-state index contributed by atoms with van der Waals surface area (Å²) in [6, 6.07) is 8.01. The van der Waals surface area contributed by atoms with E-state index in [1.165, 1.54) is 18.8 Å². The number of carbonyl (C=O) groups excluding carboxylic acids is 1. The molecule has 0 unspecified atom stereocenters. The molecule has 8 nitrogen and oxygen atoms in total. The molecule has 2 aromatic rings. The highest BCUT2D eigenvalue weighted by molar-refractivity contribution is 8.01. The number of hydrogen-bond acceptors (Lipinski definition) is 6. The molecule has 1 aromatic carbocycles. The first-order chi connectivity index (χ1) is 16.8. The lowest BCUT2D eigenvalue weighted by atomic mass is 10.1. The minimum atomic E-state index is -4.32. The summed E-state index contributed by atoms with van der Waals surface area (Å²) < 4.78 is 43.6. The average molecular weight is 532 g/mol. The molecule has 0 aliphatic carbocycles. The number of nitrogens with one attached hydrogen (secondary N) is 1. The van der Waals surface area contributed by atoms with Crippen LogP contribution in [-0.4, -0.2) is 49.2 Å². The molecule has 0 radical (unpaired) electrons. The maximum Gasteiger partial charge on any atom is 0.499 e. The van der Waals surface area contributed by atoms with Crippen LogP contribution in [0.4, 0.5) is 19.0 Å². The third-order valence-corrected chi connectivity index (χ3v) is 6.49. The Balaban J connectivity index is 1.90. The first-order valence-corrected chi connectivity index (χ1v) is 12.6. The molecule has 0 amide bonds. The van der Waals surface area contributed by atoms with Crippen LogP contribution in [0.15, 0.2) is 38.8 Å². The second kappa shape index (κ2) is 13.0. The number of halogens is 3. The van der Waals surface area contributed by atoms with Crippen molar-refractivity contribution in [2.24, 2.45) is 7.05 Å². The number of esters is 1. The van der Waals surface area contributed by atoms with Crippen LogP contribution >= 0.6 is 11.8 Å². The summed E-state index contributed by atoms with van der Waals surface area (Å²) in [5.74, 6) is -0.0759. The van der Waals surface area contributed by atoms with Crippen molar-refractivity contribution in [3.63, 3.8) is 0 Å². The monoisotopic (exact) mass is 531 g/mol. The number of nitrogens with zero attached hydrogens (tertiary/aromatic N) is 3. The Labute approximate surface area is 212 Å². The zero-order valence-electron chi connectivity index (χ0n) is 21.0. The molecule has 12 heteroatoms. The van der Waals surface area contributed by atoms with Gasteiger partial charge in [0.25, 0.3) is 5.56 Å². The van der Waals surface area contributed by atoms with E-state index < -0.39 is 28.6 Å². The van der Waals surface area contributed by atoms with E-state index in [0.717, 1.165) is 32.5 Å². The first-order valence-electron chi connectivity index (χ1n) is 11.8. The van der Waals surface area contributed by atoms with E-state index >= 15 is 0 Å². The van der Waals surface area contributed by atoms with Crippen LogP contribution in [0.3, 0.4) is 0 Å². The Bertz CT molecular complexity index is 1150. The van der Waals surface area contributed by atoms with E-state index in [2.05, 4.69) is 16.5 Å². The van der Waals surface area contributed by atoms with Gasteiger partial charge in [-0.25, -0.2) is 9.48 Å². The van der Waals surface area contributed by atoms with Crippen molar-refractivity contribution in [2.75, 3.05) is 18.5 Å². The number of benzene rings is 1. The Morgan fingerprint density at radius 3 is 2.58 bits per heavy atom. The Kier molecular flexibility index (Phi) is 10.6. The smallest absolute Gasteiger partial charge is 0.364 e. The molecule has 0 fully saturated rings. The molecule has 0 aliphatic rings. The molecule has 1 heterocycles. The van der Waals surface area contributed by atoms with Crippen LogP contribution in [0.25, 0.3) is 0 Å². The fourth-order valence-electron chi connectivity index (χ4n) is 3.39. The first kappa shape index (κ1) is 29.5. The fraction of sp³-hybridized carbons (Fsp3) is 0.583. The van der Waals surface area contributed by atoms with Crippen LogP contribution in [-0.2, 0) is 24.8 Å². The quantitative estimate of drug-likeness (QED) is 0.181. The molecular weight excluding hydrogens is 497 g/mol. The molecule has 0 aliphatic heterocycles. The van der Waals surface area contributed by atoms with Crippen LogP contribution in [0.5, 0.6) is 0 Å². The zero-order chi connectivity index (χ0) is 26.9. The fourth-order valence-corrected chi connectivity index (χ4v) is 4.48. The number of rotatable bonds is 13. The molecule has 0 atom stereocenters. The van der Waals surface area contributed by atoms with Crippen molar-refractivity contribution in [3.8, 4) is 0 Å². The lowest BCUT2D eigenvalue weighted by Crippen LogP contribution is -2.41. The van der Waals surface area contributed by atoms with Crippen LogP contribution in [0.2, 0.25) is 0 Å². The molecule has 0 saturated heterocycles. The lowest BCUT2D eigenvalue weighted by Gasteiger charge is -2.16. The van der Waals surface area contributed by atoms with Gasteiger partial charge in [-0.3, -0.25) is 9.36 Å². The number of unbranched alkanes of at least 4 members (excludes halogenated alkanes) is 1. The third-order valence-electron chi connectivity index (χ3n) is 5.32. The normalized spacial score (nSPS) is 12.0. The van der Waals surface area contributed by atoms with Crippen molar-refractivity contribution in [2.45, 2.75) is 75.2 Å². The van der Waals surface area contributed by atoms with Gasteiger partial charge in [-0.1, -0.05) is 12.1 Å². The van der Waals surface area contributed by atoms with Gasteiger partial charge < -0.3 is 14.8 Å². The van der Waals surface area contributed by atoms with Gasteiger partial charge in [-0.2, -0.15) is 13.2 Å². The van der Waals surface area contributed by atoms with E-state index in [-0.39, 0.29) is 24.8 Å². The average Bonchev–Trinajstić information content (AvgIpc) is 2.79. The largest absolute Gasteiger partial charge is 0.499 e. The topological polar surface area (TPSA) is 99.5 Å². The summed E-state index contributed by atoms with van der Waals surface area (Å²) in [7, 11) is 1.27. The van der Waals surface area contributed by atoms with Crippen molar-refractivity contribution < 1.29 is 22.7 Å². The number of aromatic nitrogens is 3. The van der Waals surface area contributed by atoms with E-state index in [9.17, 15) is 27.6 Å². The van der Waals surface area contributed by atoms with Gasteiger partial charge in [-0.15, -0.1) is 16.9 Å². The van der Waals surface area contributed by atoms with Crippen molar-refractivity contribution in [3.05, 3.63) is 50.7 Å². The second-order valence-corrected chi connectivity index (χ2v) is 10.5. The Hall–Kier alpha value is -2.76. The number of thioether (sulfide) groups is 1. The summed E-state index contributed by atoms with van der Waals surface area (Å²) >= 11 is 1.50. The molecular formula is C24H34F3N4O4S+. The van der Waals surface area contributed by atoms with Gasteiger partial charge in [0.2, 0.25) is 5.82 Å². The molecule has 36 heavy (non-hydrogen) atoms. The van der Waals surface area contributed by atoms with Gasteiger partial charge in [-0.05, 0) is 64.2 Å². The summed E-state index contributed by atoms with van der Waals surface area (Å²) in [4.78, 5) is 35.6. The standard InChI is InChI=1S/C24H33F3N4O4S/c1-5-35-21(33)23(2,3)36-18-12-8-11-17(16-18)10-6-7-14-28-19-20(32)30(4)22(34)31(29-19)15-9-13-24(25,26)27/h8,11-12,16H,5-7,9-10,13-15H2,1-4H3,(H,28,29)/p+1. The maximum atomic E-state index is 12.4. The summed E-state index contributed by atoms with van der Waals surface area (Å²) in [5, 5.41) is 6.84. The Morgan fingerprint density at radius 1 is 1.19 bits per heavy atom. The Morgan fingerprint density at radius 2 is 1.92 bits per heavy atom. The minimum absolute atomic E-state index is 0.0158. The molecule has 0 saturated carbocycles. The van der Waals surface area contributed by atoms with Crippen molar-refractivity contribution >= 4 is 23.5 Å². The van der Waals surface area contributed by atoms with Crippen molar-refractivity contribution in [1.82, 2.24) is 14.3 Å². The highest BCUT2D eigenvalue weighted by Crippen LogP contribution is 2.34. The SMILES string of the molecule is CCOC(=[OH+])C(C)(C)Sc1cccc(CCCCNc2nn(CCCC(F)(F)F)c(=O)n(C)c2=O)c1. The molecule has 2 N–H and O–H groups in total. The van der Waals surface area contributed by atoms with Gasteiger partial charge in [0.1, 0.15) is 0 Å². The van der Waals surface area contributed by atoms with Crippen LogP contribution in [0.1, 0.15) is 52.0 Å². The predicted molar refractivity (Wildman–Crippen MR) is 135 cm³/mol. The van der Waals surface area contributed by atoms with E-state index in [1.54, 1.807) is 0 Å². The minimum Gasteiger partial charge on any atom is -0.364 e. The number of alkyl halides is 3.